The van der Waals surface area contributed by atoms with Crippen molar-refractivity contribution in [1.82, 2.24) is 9.55 Å². The van der Waals surface area contributed by atoms with Crippen LogP contribution in [0.4, 0.5) is 0 Å². The van der Waals surface area contributed by atoms with Gasteiger partial charge in [0.2, 0.25) is 0 Å². The van der Waals surface area contributed by atoms with E-state index in [0.717, 1.165) is 18.4 Å². The molecule has 0 unspecified atom stereocenters. The fraction of sp³-hybridized carbons (Fsp3) is 0.562. The fourth-order valence-electron chi connectivity index (χ4n) is 3.27. The molecule has 0 spiro atoms. The molecule has 1 heterocycles. The van der Waals surface area contributed by atoms with Gasteiger partial charge in [0.15, 0.2) is 0 Å². The molecule has 0 saturated heterocycles. The molecule has 3 rings (SSSR count). The van der Waals surface area contributed by atoms with Crippen LogP contribution in [-0.4, -0.2) is 15.6 Å². The van der Waals surface area contributed by atoms with E-state index in [2.05, 4.69) is 42.7 Å². The number of hydrogen-bond donors (Lipinski definition) is 1. The summed E-state index contributed by atoms with van der Waals surface area (Å²) >= 11 is 0. The van der Waals surface area contributed by atoms with Gasteiger partial charge >= 0.3 is 0 Å². The molecule has 1 aliphatic carbocycles. The average Bonchev–Trinajstić information content (AvgIpc) is 2.78. The summed E-state index contributed by atoms with van der Waals surface area (Å²) in [6.45, 7) is 4.48. The van der Waals surface area contributed by atoms with Gasteiger partial charge in [0.05, 0.1) is 11.0 Å². The quantitative estimate of drug-likeness (QED) is 0.893. The minimum absolute atomic E-state index is 0.396. The first-order valence-corrected chi connectivity index (χ1v) is 7.39. The predicted octanol–water partition coefficient (Wildman–Crippen LogP) is 3.60. The van der Waals surface area contributed by atoms with Crippen LogP contribution >= 0.6 is 0 Å². The van der Waals surface area contributed by atoms with Crippen molar-refractivity contribution < 1.29 is 0 Å². The lowest BCUT2D eigenvalue weighted by Gasteiger charge is -2.27. The van der Waals surface area contributed by atoms with Gasteiger partial charge in [0, 0.05) is 18.0 Å². The molecule has 2 N–H and O–H groups in total. The highest BCUT2D eigenvalue weighted by Crippen LogP contribution is 2.35. The van der Waals surface area contributed by atoms with Gasteiger partial charge in [-0.05, 0) is 51.7 Å². The molecule has 1 aliphatic rings. The van der Waals surface area contributed by atoms with E-state index in [1.165, 1.54) is 24.2 Å². The van der Waals surface area contributed by atoms with Crippen LogP contribution in [0.1, 0.15) is 57.3 Å². The number of fused-ring (bicyclic) bond motifs is 1. The van der Waals surface area contributed by atoms with Crippen LogP contribution in [0.5, 0.6) is 0 Å². The largest absolute Gasteiger partial charge is 0.328 e. The van der Waals surface area contributed by atoms with E-state index < -0.39 is 0 Å². The van der Waals surface area contributed by atoms with Crippen molar-refractivity contribution in [3.63, 3.8) is 0 Å². The van der Waals surface area contributed by atoms with Crippen LogP contribution < -0.4 is 5.73 Å². The number of hydrogen-bond acceptors (Lipinski definition) is 2. The van der Waals surface area contributed by atoms with Crippen LogP contribution in [0, 0.1) is 0 Å². The summed E-state index contributed by atoms with van der Waals surface area (Å²) < 4.78 is 2.41. The first-order chi connectivity index (χ1) is 9.16. The summed E-state index contributed by atoms with van der Waals surface area (Å²) in [5, 5.41) is 0. The van der Waals surface area contributed by atoms with Crippen molar-refractivity contribution in [3.05, 3.63) is 30.1 Å². The van der Waals surface area contributed by atoms with E-state index in [-0.39, 0.29) is 0 Å². The van der Waals surface area contributed by atoms with E-state index in [1.54, 1.807) is 0 Å². The number of para-hydroxylation sites is 2. The molecule has 1 aromatic carbocycles. The summed E-state index contributed by atoms with van der Waals surface area (Å²) in [7, 11) is 0. The molecule has 1 aromatic heterocycles. The summed E-state index contributed by atoms with van der Waals surface area (Å²) in [6.07, 6.45) is 4.62. The molecule has 1 fully saturated rings. The SMILES string of the molecule is CC(C)n1c(C2CCC(N)CC2)nc2ccccc21. The van der Waals surface area contributed by atoms with Gasteiger partial charge in [-0.25, -0.2) is 4.98 Å². The number of rotatable bonds is 2. The zero-order valence-electron chi connectivity index (χ0n) is 11.8. The number of nitrogens with two attached hydrogens (primary N) is 1. The third-order valence-corrected chi connectivity index (χ3v) is 4.28. The van der Waals surface area contributed by atoms with Crippen molar-refractivity contribution in [2.24, 2.45) is 5.73 Å². The van der Waals surface area contributed by atoms with Gasteiger partial charge in [0.25, 0.3) is 0 Å². The average molecular weight is 257 g/mol. The van der Waals surface area contributed by atoms with Gasteiger partial charge in [0.1, 0.15) is 5.82 Å². The van der Waals surface area contributed by atoms with E-state index in [0.29, 0.717) is 18.0 Å². The number of nitrogens with zero attached hydrogens (tertiary/aromatic N) is 2. The Hall–Kier alpha value is -1.35. The van der Waals surface area contributed by atoms with E-state index in [4.69, 9.17) is 10.7 Å². The molecule has 102 valence electrons. The van der Waals surface area contributed by atoms with Gasteiger partial charge in [-0.2, -0.15) is 0 Å². The van der Waals surface area contributed by atoms with Crippen molar-refractivity contribution >= 4 is 11.0 Å². The third-order valence-electron chi connectivity index (χ3n) is 4.28. The molecular formula is C16H23N3. The first kappa shape index (κ1) is 12.7. The van der Waals surface area contributed by atoms with Gasteiger partial charge in [-0.3, -0.25) is 0 Å². The third kappa shape index (κ3) is 2.27. The maximum absolute atomic E-state index is 6.02. The molecule has 0 radical (unpaired) electrons. The van der Waals surface area contributed by atoms with Gasteiger partial charge in [-0.1, -0.05) is 12.1 Å². The van der Waals surface area contributed by atoms with Gasteiger partial charge in [-0.15, -0.1) is 0 Å². The Labute approximate surface area is 114 Å². The van der Waals surface area contributed by atoms with Crippen molar-refractivity contribution in [1.29, 1.82) is 0 Å². The summed E-state index contributed by atoms with van der Waals surface area (Å²) in [5.74, 6) is 1.85. The van der Waals surface area contributed by atoms with Crippen molar-refractivity contribution in [2.45, 2.75) is 57.5 Å². The maximum atomic E-state index is 6.02. The predicted molar refractivity (Wildman–Crippen MR) is 79.3 cm³/mol. The van der Waals surface area contributed by atoms with Crippen LogP contribution in [0.3, 0.4) is 0 Å². The standard InChI is InChI=1S/C16H23N3/c1-11(2)19-15-6-4-3-5-14(15)18-16(19)12-7-9-13(17)10-8-12/h3-6,11-13H,7-10,17H2,1-2H3. The number of aromatic nitrogens is 2. The zero-order chi connectivity index (χ0) is 13.4. The van der Waals surface area contributed by atoms with Crippen LogP contribution in [0.25, 0.3) is 11.0 Å². The minimum atomic E-state index is 0.396. The molecule has 1 saturated carbocycles. The van der Waals surface area contributed by atoms with Gasteiger partial charge < -0.3 is 10.3 Å². The Morgan fingerprint density at radius 1 is 1.16 bits per heavy atom. The van der Waals surface area contributed by atoms with Crippen LogP contribution in [-0.2, 0) is 0 Å². The van der Waals surface area contributed by atoms with Crippen molar-refractivity contribution in [3.8, 4) is 0 Å². The molecule has 19 heavy (non-hydrogen) atoms. The minimum Gasteiger partial charge on any atom is -0.328 e. The van der Waals surface area contributed by atoms with Crippen LogP contribution in [0.2, 0.25) is 0 Å². The van der Waals surface area contributed by atoms with E-state index >= 15 is 0 Å². The highest BCUT2D eigenvalue weighted by molar-refractivity contribution is 5.76. The normalized spacial score (nSPS) is 24.2. The maximum Gasteiger partial charge on any atom is 0.113 e. The second-order valence-corrected chi connectivity index (χ2v) is 6.03. The second-order valence-electron chi connectivity index (χ2n) is 6.03. The Bertz CT molecular complexity index is 562. The van der Waals surface area contributed by atoms with E-state index in [9.17, 15) is 0 Å². The molecule has 0 aliphatic heterocycles. The molecule has 2 aromatic rings. The van der Waals surface area contributed by atoms with Crippen molar-refractivity contribution in [2.75, 3.05) is 0 Å². The Kier molecular flexibility index (Phi) is 3.31. The molecule has 0 bridgehead atoms. The lowest BCUT2D eigenvalue weighted by Crippen LogP contribution is -2.27. The molecule has 0 amide bonds. The monoisotopic (exact) mass is 257 g/mol. The zero-order valence-corrected chi connectivity index (χ0v) is 11.8. The highest BCUT2D eigenvalue weighted by atomic mass is 15.1. The molecular weight excluding hydrogens is 234 g/mol. The molecule has 3 heteroatoms. The molecule has 0 atom stereocenters. The topological polar surface area (TPSA) is 43.8 Å². The number of imidazole rings is 1. The smallest absolute Gasteiger partial charge is 0.113 e. The number of benzene rings is 1. The summed E-state index contributed by atoms with van der Waals surface area (Å²) in [5.41, 5.74) is 8.41. The molecule has 3 nitrogen and oxygen atoms in total. The summed E-state index contributed by atoms with van der Waals surface area (Å²) in [4.78, 5) is 4.90. The lowest BCUT2D eigenvalue weighted by atomic mass is 9.86. The Morgan fingerprint density at radius 3 is 2.53 bits per heavy atom. The highest BCUT2D eigenvalue weighted by Gasteiger charge is 2.25. The first-order valence-electron chi connectivity index (χ1n) is 7.39. The Morgan fingerprint density at radius 2 is 1.84 bits per heavy atom. The lowest BCUT2D eigenvalue weighted by molar-refractivity contribution is 0.372. The van der Waals surface area contributed by atoms with E-state index in [1.807, 2.05) is 0 Å². The van der Waals surface area contributed by atoms with Crippen LogP contribution in [0.15, 0.2) is 24.3 Å². The summed E-state index contributed by atoms with van der Waals surface area (Å²) in [6, 6.07) is 9.32. The second kappa shape index (κ2) is 4.97. The fourth-order valence-corrected chi connectivity index (χ4v) is 3.27. The Balaban J connectivity index is 2.05.